The Morgan fingerprint density at radius 3 is 2.60 bits per heavy atom. The van der Waals surface area contributed by atoms with Crippen molar-refractivity contribution in [3.05, 3.63) is 52.2 Å². The maximum absolute atomic E-state index is 13.8. The van der Waals surface area contributed by atoms with Gasteiger partial charge in [-0.15, -0.1) is 11.3 Å². The molecule has 4 fully saturated rings. The molecule has 35 heavy (non-hydrogen) atoms. The minimum atomic E-state index is -1.56. The van der Waals surface area contributed by atoms with Gasteiger partial charge >= 0.3 is 5.97 Å². The summed E-state index contributed by atoms with van der Waals surface area (Å²) in [5.74, 6) is -1.50. The van der Waals surface area contributed by atoms with Crippen LogP contribution in [0.1, 0.15) is 49.8 Å². The topological polar surface area (TPSA) is 55.8 Å². The molecule has 8 heteroatoms. The second-order valence-electron chi connectivity index (χ2n) is 10.5. The van der Waals surface area contributed by atoms with Crippen molar-refractivity contribution in [3.8, 4) is 5.75 Å². The molecular weight excluding hydrogens is 472 g/mol. The first kappa shape index (κ1) is 24.7. The highest BCUT2D eigenvalue weighted by Crippen LogP contribution is 2.44. The summed E-state index contributed by atoms with van der Waals surface area (Å²) in [5.41, 5.74) is -1.56. The zero-order valence-electron chi connectivity index (χ0n) is 20.0. The molecule has 6 rings (SSSR count). The van der Waals surface area contributed by atoms with E-state index in [2.05, 4.69) is 0 Å². The molecule has 0 amide bonds. The van der Waals surface area contributed by atoms with E-state index in [0.29, 0.717) is 17.4 Å². The molecule has 1 aromatic heterocycles. The number of esters is 1. The van der Waals surface area contributed by atoms with Gasteiger partial charge in [-0.05, 0) is 36.4 Å². The minimum absolute atomic E-state index is 0.0651. The Kier molecular flexibility index (Phi) is 7.15. The first-order chi connectivity index (χ1) is 16.9. The molecule has 3 saturated heterocycles. The van der Waals surface area contributed by atoms with Crippen LogP contribution in [0.15, 0.2) is 35.7 Å². The first-order valence-electron chi connectivity index (χ1n) is 12.8. The Balaban J connectivity index is 1.21. The fourth-order valence-corrected chi connectivity index (χ4v) is 7.27. The van der Waals surface area contributed by atoms with E-state index in [9.17, 15) is 18.7 Å². The predicted molar refractivity (Wildman–Crippen MR) is 129 cm³/mol. The van der Waals surface area contributed by atoms with E-state index < -0.39 is 23.2 Å². The van der Waals surface area contributed by atoms with Gasteiger partial charge in [0.05, 0.1) is 26.2 Å². The smallest absolute Gasteiger partial charge is 0.344 e. The number of halogens is 2. The van der Waals surface area contributed by atoms with Gasteiger partial charge in [0.25, 0.3) is 0 Å². The molecule has 0 unspecified atom stereocenters. The van der Waals surface area contributed by atoms with Crippen molar-refractivity contribution in [2.24, 2.45) is 11.8 Å². The largest absolute Gasteiger partial charge is 0.490 e. The summed E-state index contributed by atoms with van der Waals surface area (Å²) in [6.07, 6.45) is 6.25. The van der Waals surface area contributed by atoms with Gasteiger partial charge in [0.1, 0.15) is 12.4 Å². The summed E-state index contributed by atoms with van der Waals surface area (Å²) >= 11 is 1.42. The standard InChI is InChI=1S/C27H34F2NO4S/c28-21-8-9-23(22(29)17-21)33-15-4-12-30-13-10-19(11-14-30)24(18-30)34-26(31)27(32,20-5-1-2-6-20)25-7-3-16-35-25/h3,7-9,16-17,19-20,24,32H,1-2,4-6,10-15,18H2/q+1/t19?,24-,27+,30?/m0/s1. The Morgan fingerprint density at radius 1 is 1.14 bits per heavy atom. The van der Waals surface area contributed by atoms with Crippen molar-refractivity contribution in [3.63, 3.8) is 0 Å². The van der Waals surface area contributed by atoms with E-state index in [1.54, 1.807) is 0 Å². The molecule has 190 valence electrons. The molecule has 4 aliphatic rings. The molecular formula is C27H34F2NO4S+. The third-order valence-corrected chi connectivity index (χ3v) is 9.38. The molecule has 1 aromatic carbocycles. The van der Waals surface area contributed by atoms with E-state index in [1.165, 1.54) is 23.5 Å². The van der Waals surface area contributed by atoms with Crippen molar-refractivity contribution in [2.45, 2.75) is 56.7 Å². The van der Waals surface area contributed by atoms with Crippen LogP contribution < -0.4 is 4.74 Å². The quantitative estimate of drug-likeness (QED) is 0.295. The molecule has 5 nitrogen and oxygen atoms in total. The third kappa shape index (κ3) is 4.98. The van der Waals surface area contributed by atoms with Crippen LogP contribution in [-0.2, 0) is 15.1 Å². The molecule has 1 N–H and O–H groups in total. The van der Waals surface area contributed by atoms with Gasteiger partial charge < -0.3 is 19.1 Å². The Bertz CT molecular complexity index is 1020. The molecule has 0 spiro atoms. The van der Waals surface area contributed by atoms with Crippen LogP contribution in [0.25, 0.3) is 0 Å². The van der Waals surface area contributed by atoms with Crippen LogP contribution in [0.3, 0.4) is 0 Å². The Morgan fingerprint density at radius 2 is 1.91 bits per heavy atom. The monoisotopic (exact) mass is 506 g/mol. The van der Waals surface area contributed by atoms with Gasteiger partial charge in [-0.2, -0.15) is 0 Å². The van der Waals surface area contributed by atoms with Gasteiger partial charge in [0, 0.05) is 42.0 Å². The second-order valence-corrected chi connectivity index (χ2v) is 11.4. The summed E-state index contributed by atoms with van der Waals surface area (Å²) in [6.45, 7) is 3.99. The van der Waals surface area contributed by atoms with E-state index in [0.717, 1.165) is 81.7 Å². The lowest BCUT2D eigenvalue weighted by Gasteiger charge is -2.52. The number of aliphatic hydroxyl groups is 1. The molecule has 3 aliphatic heterocycles. The number of piperidine rings is 3. The highest BCUT2D eigenvalue weighted by Gasteiger charge is 2.53. The van der Waals surface area contributed by atoms with Crippen molar-refractivity contribution in [2.75, 3.05) is 32.8 Å². The number of hydrogen-bond donors (Lipinski definition) is 1. The van der Waals surface area contributed by atoms with Crippen LogP contribution in [0, 0.1) is 23.5 Å². The number of carbonyl (C=O) groups excluding carboxylic acids is 1. The summed E-state index contributed by atoms with van der Waals surface area (Å²) in [6, 6.07) is 7.06. The molecule has 4 heterocycles. The van der Waals surface area contributed by atoms with Crippen molar-refractivity contribution < 1.29 is 32.6 Å². The average molecular weight is 507 g/mol. The van der Waals surface area contributed by atoms with Crippen LogP contribution in [0.5, 0.6) is 5.75 Å². The number of hydrogen-bond acceptors (Lipinski definition) is 5. The zero-order valence-corrected chi connectivity index (χ0v) is 20.8. The van der Waals surface area contributed by atoms with Gasteiger partial charge in [-0.25, -0.2) is 13.6 Å². The molecule has 2 bridgehead atoms. The van der Waals surface area contributed by atoms with E-state index in [-0.39, 0.29) is 17.8 Å². The van der Waals surface area contributed by atoms with Gasteiger partial charge in [0.15, 0.2) is 23.3 Å². The van der Waals surface area contributed by atoms with Gasteiger partial charge in [-0.3, -0.25) is 0 Å². The van der Waals surface area contributed by atoms with E-state index >= 15 is 0 Å². The molecule has 1 saturated carbocycles. The first-order valence-corrected chi connectivity index (χ1v) is 13.7. The van der Waals surface area contributed by atoms with Crippen LogP contribution >= 0.6 is 11.3 Å². The minimum Gasteiger partial charge on any atom is -0.490 e. The predicted octanol–water partition coefficient (Wildman–Crippen LogP) is 5.03. The van der Waals surface area contributed by atoms with Crippen molar-refractivity contribution in [1.29, 1.82) is 0 Å². The molecule has 2 aromatic rings. The highest BCUT2D eigenvalue weighted by atomic mass is 32.1. The van der Waals surface area contributed by atoms with Gasteiger partial charge in [-0.1, -0.05) is 18.9 Å². The SMILES string of the molecule is O=C(O[C@H]1C[N+]2(CCCOc3ccc(F)cc3F)CCC1CC2)[C@](O)(c1cccs1)C1CCCC1. The number of rotatable bonds is 9. The second kappa shape index (κ2) is 10.1. The number of benzene rings is 1. The number of ether oxygens (including phenoxy) is 2. The van der Waals surface area contributed by atoms with Crippen LogP contribution in [-0.4, -0.2) is 54.4 Å². The fraction of sp³-hybridized carbons (Fsp3) is 0.593. The molecule has 1 aliphatic carbocycles. The lowest BCUT2D eigenvalue weighted by molar-refractivity contribution is -0.946. The lowest BCUT2D eigenvalue weighted by atomic mass is 9.82. The lowest BCUT2D eigenvalue weighted by Crippen LogP contribution is -2.65. The molecule has 0 radical (unpaired) electrons. The Hall–Kier alpha value is -2.03. The normalized spacial score (nSPS) is 28.1. The van der Waals surface area contributed by atoms with E-state index in [4.69, 9.17) is 9.47 Å². The maximum atomic E-state index is 13.8. The molecule has 2 atom stereocenters. The highest BCUT2D eigenvalue weighted by molar-refractivity contribution is 7.10. The van der Waals surface area contributed by atoms with Gasteiger partial charge in [0.2, 0.25) is 0 Å². The summed E-state index contributed by atoms with van der Waals surface area (Å²) in [5, 5.41) is 13.6. The van der Waals surface area contributed by atoms with Crippen LogP contribution in [0.4, 0.5) is 8.78 Å². The number of fused-ring (bicyclic) bond motifs is 3. The van der Waals surface area contributed by atoms with Crippen LogP contribution in [0.2, 0.25) is 0 Å². The number of nitrogens with zero attached hydrogens (tertiary/aromatic N) is 1. The number of thiophene rings is 1. The summed E-state index contributed by atoms with van der Waals surface area (Å²) in [4.78, 5) is 14.2. The zero-order chi connectivity index (χ0) is 24.5. The Labute approximate surface area is 209 Å². The fourth-order valence-electron chi connectivity index (χ4n) is 6.38. The summed E-state index contributed by atoms with van der Waals surface area (Å²) in [7, 11) is 0. The van der Waals surface area contributed by atoms with Crippen molar-refractivity contribution in [1.82, 2.24) is 0 Å². The van der Waals surface area contributed by atoms with E-state index in [1.807, 2.05) is 17.5 Å². The average Bonchev–Trinajstić information content (AvgIpc) is 3.58. The maximum Gasteiger partial charge on any atom is 0.344 e. The summed E-state index contributed by atoms with van der Waals surface area (Å²) < 4.78 is 39.5. The third-order valence-electron chi connectivity index (χ3n) is 8.38. The number of quaternary nitrogens is 1. The van der Waals surface area contributed by atoms with Crippen molar-refractivity contribution >= 4 is 17.3 Å². The number of carbonyl (C=O) groups is 1.